The largest absolute Gasteiger partial charge is 0.485 e. The fourth-order valence-electron chi connectivity index (χ4n) is 15.0. The minimum atomic E-state index is -2.15. The van der Waals surface area contributed by atoms with Crippen molar-refractivity contribution in [1.29, 1.82) is 0 Å². The second kappa shape index (κ2) is 47.5. The minimum absolute atomic E-state index is 0.0000821. The molecule has 0 bridgehead atoms. The number of carbonyl (C=O) groups is 4. The summed E-state index contributed by atoms with van der Waals surface area (Å²) >= 11 is 0. The standard InChI is InChI=1S/C117H98O21/c118-113(94-61-98(122-69-82-37-13-1-14-38-82)107(130-77-90-53-29-9-30-54-90)99(62-94)123-70-83-39-15-2-16-40-83)135-106-81-134-117(138-116(121)97-67-104(128-75-88-49-25-7-26-50-88)110(133-80-93-59-35-12-36-60-93)105(68-97)129-76-89-51-27-8-28-52-89)112(137-115(120)96-65-102(126-73-86-45-21-5-22-46-86)109(132-79-92-57-33-11-34-58-92)103(66-96)127-74-87-47-23-6-24-48-87)111(106)136-114(119)95-63-100(124-71-84-41-17-3-18-42-84)108(131-78-91-55-31-10-32-56-91)101(64-95)125-72-85-43-19-4-20-44-85/h1-68,106,111-112,117H,69-81H2/t106-,111+,112-,117-/m1/s1. The van der Waals surface area contributed by atoms with Gasteiger partial charge in [0.1, 0.15) is 79.3 Å². The van der Waals surface area contributed by atoms with Crippen LogP contribution in [0.5, 0.6) is 69.0 Å². The van der Waals surface area contributed by atoms with E-state index in [9.17, 15) is 0 Å². The molecule has 0 spiro atoms. The summed E-state index contributed by atoms with van der Waals surface area (Å²) in [6.45, 7) is -0.701. The second-order valence-corrected chi connectivity index (χ2v) is 32.3. The summed E-state index contributed by atoms with van der Waals surface area (Å²) in [4.78, 5) is 65.6. The van der Waals surface area contributed by atoms with Gasteiger partial charge in [-0.05, 0) is 115 Å². The fraction of sp³-hybridized carbons (Fsp3) is 0.145. The topological polar surface area (TPSA) is 225 Å². The van der Waals surface area contributed by atoms with Crippen LogP contribution in [0.1, 0.15) is 108 Å². The quantitative estimate of drug-likeness (QED) is 0.0255. The van der Waals surface area contributed by atoms with Crippen molar-refractivity contribution in [2.75, 3.05) is 6.61 Å². The molecule has 17 rings (SSSR count). The van der Waals surface area contributed by atoms with E-state index >= 15 is 19.2 Å². The van der Waals surface area contributed by atoms with Gasteiger partial charge in [0.05, 0.1) is 28.9 Å². The van der Waals surface area contributed by atoms with Gasteiger partial charge in [-0.25, -0.2) is 19.2 Å². The molecule has 1 fully saturated rings. The van der Waals surface area contributed by atoms with Crippen LogP contribution in [0.3, 0.4) is 0 Å². The number of benzene rings is 16. The number of rotatable bonds is 44. The summed E-state index contributed by atoms with van der Waals surface area (Å²) in [5.41, 5.74) is 8.64. The van der Waals surface area contributed by atoms with Gasteiger partial charge >= 0.3 is 23.9 Å². The molecule has 16 aromatic rings. The monoisotopic (exact) mass is 1840 g/mol. The van der Waals surface area contributed by atoms with Crippen molar-refractivity contribution < 1.29 is 99.7 Å². The van der Waals surface area contributed by atoms with Crippen LogP contribution in [0.15, 0.2) is 413 Å². The lowest BCUT2D eigenvalue weighted by Gasteiger charge is -2.40. The smallest absolute Gasteiger partial charge is 0.340 e. The van der Waals surface area contributed by atoms with Gasteiger partial charge in [0.15, 0.2) is 58.2 Å². The summed E-state index contributed by atoms with van der Waals surface area (Å²) in [6, 6.07) is 125. The predicted octanol–water partition coefficient (Wildman–Crippen LogP) is 23.8. The molecule has 1 aliphatic heterocycles. The van der Waals surface area contributed by atoms with Gasteiger partial charge in [0.2, 0.25) is 35.4 Å². The zero-order valence-electron chi connectivity index (χ0n) is 75.3. The third-order valence-corrected chi connectivity index (χ3v) is 22.2. The van der Waals surface area contributed by atoms with Crippen LogP contribution in [0.2, 0.25) is 0 Å². The van der Waals surface area contributed by atoms with Crippen molar-refractivity contribution in [3.05, 3.63) is 502 Å². The third kappa shape index (κ3) is 26.1. The maximum Gasteiger partial charge on any atom is 0.340 e. The molecule has 1 aliphatic rings. The van der Waals surface area contributed by atoms with Crippen molar-refractivity contribution in [3.8, 4) is 69.0 Å². The van der Waals surface area contributed by atoms with Gasteiger partial charge in [0.25, 0.3) is 0 Å². The number of esters is 4. The van der Waals surface area contributed by atoms with E-state index in [0.717, 1.165) is 66.8 Å². The van der Waals surface area contributed by atoms with Gasteiger partial charge < -0.3 is 80.5 Å². The molecule has 16 aromatic carbocycles. The van der Waals surface area contributed by atoms with Crippen molar-refractivity contribution in [2.24, 2.45) is 0 Å². The Bertz CT molecular complexity index is 5940. The molecule has 0 N–H and O–H groups in total. The highest BCUT2D eigenvalue weighted by Gasteiger charge is 2.51. The van der Waals surface area contributed by atoms with Crippen LogP contribution in [-0.4, -0.2) is 55.1 Å². The second-order valence-electron chi connectivity index (χ2n) is 32.3. The van der Waals surface area contributed by atoms with E-state index < -0.39 is 55.1 Å². The van der Waals surface area contributed by atoms with Crippen LogP contribution in [0.25, 0.3) is 0 Å². The van der Waals surface area contributed by atoms with Crippen LogP contribution in [0, 0.1) is 0 Å². The van der Waals surface area contributed by atoms with Gasteiger partial charge in [0, 0.05) is 0 Å². The van der Waals surface area contributed by atoms with E-state index in [0.29, 0.717) is 0 Å². The number of hydrogen-bond donors (Lipinski definition) is 0. The first-order valence-corrected chi connectivity index (χ1v) is 45.2. The summed E-state index contributed by atoms with van der Waals surface area (Å²) in [7, 11) is 0. The number of carbonyl (C=O) groups excluding carboxylic acids is 4. The summed E-state index contributed by atoms with van der Waals surface area (Å²) in [6.07, 6.45) is -8.11. The molecule has 1 saturated heterocycles. The van der Waals surface area contributed by atoms with E-state index in [1.165, 1.54) is 48.5 Å². The first-order valence-electron chi connectivity index (χ1n) is 45.2. The molecule has 21 heteroatoms. The predicted molar refractivity (Wildman–Crippen MR) is 518 cm³/mol. The Labute approximate surface area is 800 Å². The SMILES string of the molecule is O=C(O[C@H]1OC[C@@H](OC(=O)c2cc(OCc3ccccc3)c(OCc3ccccc3)c(OCc3ccccc3)c2)[C@H](OC(=O)c2cc(OCc3ccccc3)c(OCc3ccccc3)c(OCc3ccccc3)c2)[C@H]1OC(=O)c1cc(OCc2ccccc2)c(OCc2ccccc2)c(OCc2ccccc2)c1)c1cc(OCc2ccccc2)c(OCc2ccccc2)c(OCc2ccccc2)c1. The lowest BCUT2D eigenvalue weighted by atomic mass is 10.0. The van der Waals surface area contributed by atoms with Crippen molar-refractivity contribution in [3.63, 3.8) is 0 Å². The van der Waals surface area contributed by atoms with Gasteiger partial charge in [-0.1, -0.05) is 364 Å². The summed E-state index contributed by atoms with van der Waals surface area (Å²) < 4.78 is 115. The van der Waals surface area contributed by atoms with Crippen LogP contribution in [0.4, 0.5) is 0 Å². The Hall–Kier alpha value is -17.0. The molecular formula is C117H98O21. The zero-order valence-corrected chi connectivity index (χ0v) is 75.3. The average molecular weight is 1840 g/mol. The molecular weight excluding hydrogens is 1740 g/mol. The fourth-order valence-corrected chi connectivity index (χ4v) is 15.0. The zero-order chi connectivity index (χ0) is 94.1. The minimum Gasteiger partial charge on any atom is -0.485 e. The Morgan fingerprint density at radius 1 is 0.188 bits per heavy atom. The van der Waals surface area contributed by atoms with E-state index in [2.05, 4.69) is 0 Å². The summed E-state index contributed by atoms with van der Waals surface area (Å²) in [5, 5.41) is 0. The normalized spacial score (nSPS) is 13.6. The molecule has 21 nitrogen and oxygen atoms in total. The third-order valence-electron chi connectivity index (χ3n) is 22.2. The highest BCUT2D eigenvalue weighted by molar-refractivity contribution is 5.94. The lowest BCUT2D eigenvalue weighted by Crippen LogP contribution is -2.58. The van der Waals surface area contributed by atoms with Gasteiger partial charge in [-0.15, -0.1) is 0 Å². The molecule has 0 unspecified atom stereocenters. The van der Waals surface area contributed by atoms with Crippen LogP contribution >= 0.6 is 0 Å². The number of ether oxygens (including phenoxy) is 17. The Kier molecular flexibility index (Phi) is 32.0. The molecule has 0 aromatic heterocycles. The van der Waals surface area contributed by atoms with E-state index in [-0.39, 0.29) is 171 Å². The lowest BCUT2D eigenvalue weighted by molar-refractivity contribution is -0.250. The first kappa shape index (κ1) is 92.8. The van der Waals surface area contributed by atoms with Crippen molar-refractivity contribution >= 4 is 23.9 Å². The van der Waals surface area contributed by atoms with Gasteiger partial charge in [-0.2, -0.15) is 0 Å². The summed E-state index contributed by atoms with van der Waals surface area (Å²) in [5.74, 6) is -3.44. The van der Waals surface area contributed by atoms with E-state index in [4.69, 9.17) is 80.5 Å². The van der Waals surface area contributed by atoms with E-state index in [1.807, 2.05) is 364 Å². The molecule has 0 saturated carbocycles. The maximum absolute atomic E-state index is 16.6. The highest BCUT2D eigenvalue weighted by Crippen LogP contribution is 2.47. The average Bonchev–Trinajstić information content (AvgIpc) is 0.775. The van der Waals surface area contributed by atoms with Gasteiger partial charge in [-0.3, -0.25) is 0 Å². The molecule has 0 amide bonds. The molecule has 138 heavy (non-hydrogen) atoms. The molecule has 1 heterocycles. The van der Waals surface area contributed by atoms with Crippen molar-refractivity contribution in [2.45, 2.75) is 104 Å². The van der Waals surface area contributed by atoms with Crippen LogP contribution in [-0.2, 0) is 103 Å². The van der Waals surface area contributed by atoms with Crippen LogP contribution < -0.4 is 56.8 Å². The number of hydrogen-bond acceptors (Lipinski definition) is 21. The highest BCUT2D eigenvalue weighted by atomic mass is 16.7. The molecule has 0 radical (unpaired) electrons. The molecule has 692 valence electrons. The Morgan fingerprint density at radius 2 is 0.341 bits per heavy atom. The Morgan fingerprint density at radius 3 is 0.522 bits per heavy atom. The molecule has 4 atom stereocenters. The maximum atomic E-state index is 16.6. The molecule has 0 aliphatic carbocycles. The van der Waals surface area contributed by atoms with Crippen molar-refractivity contribution in [1.82, 2.24) is 0 Å². The van der Waals surface area contributed by atoms with E-state index in [1.54, 1.807) is 0 Å². The Balaban J connectivity index is 0.827. The first-order chi connectivity index (χ1) is 68.0.